The van der Waals surface area contributed by atoms with Gasteiger partial charge < -0.3 is 24.6 Å². The van der Waals surface area contributed by atoms with Crippen molar-refractivity contribution in [3.8, 4) is 11.5 Å². The summed E-state index contributed by atoms with van der Waals surface area (Å²) < 4.78 is 10.6. The summed E-state index contributed by atoms with van der Waals surface area (Å²) in [6.45, 7) is 4.67. The van der Waals surface area contributed by atoms with Crippen LogP contribution in [0.5, 0.6) is 11.5 Å². The minimum absolute atomic E-state index is 0.0705. The first kappa shape index (κ1) is 17.9. The lowest BCUT2D eigenvalue weighted by Crippen LogP contribution is -2.53. The second kappa shape index (κ2) is 8.42. The normalized spacial score (nSPS) is 14.3. The molecule has 2 rings (SSSR count). The van der Waals surface area contributed by atoms with Crippen LogP contribution in [-0.2, 0) is 0 Å². The van der Waals surface area contributed by atoms with E-state index in [2.05, 4.69) is 5.32 Å². The van der Waals surface area contributed by atoms with E-state index < -0.39 is 0 Å². The lowest BCUT2D eigenvalue weighted by atomic mass is 10.1. The van der Waals surface area contributed by atoms with E-state index in [1.165, 1.54) is 14.2 Å². The number of nitrogens with one attached hydrogen (secondary N) is 1. The van der Waals surface area contributed by atoms with Gasteiger partial charge in [0.2, 0.25) is 0 Å². The molecule has 1 aliphatic rings. The Kier molecular flexibility index (Phi) is 6.28. The largest absolute Gasteiger partial charge is 0.496 e. The number of benzene rings is 1. The number of hydrogen-bond acceptors (Lipinski definition) is 4. The van der Waals surface area contributed by atoms with Crippen LogP contribution < -0.4 is 14.8 Å². The highest BCUT2D eigenvalue weighted by Crippen LogP contribution is 2.29. The smallest absolute Gasteiger partial charge is 0.317 e. The first-order valence-corrected chi connectivity index (χ1v) is 8.15. The monoisotopic (exact) mass is 335 g/mol. The molecule has 1 heterocycles. The summed E-state index contributed by atoms with van der Waals surface area (Å²) in [7, 11) is 3.06. The molecule has 0 spiro atoms. The molecule has 0 aromatic heterocycles. The molecule has 1 aliphatic heterocycles. The van der Waals surface area contributed by atoms with Crippen LogP contribution >= 0.6 is 0 Å². The third-order valence-electron chi connectivity index (χ3n) is 4.02. The van der Waals surface area contributed by atoms with Gasteiger partial charge in [0, 0.05) is 32.7 Å². The fraction of sp³-hybridized carbons (Fsp3) is 0.529. The van der Waals surface area contributed by atoms with Gasteiger partial charge in [0.15, 0.2) is 0 Å². The van der Waals surface area contributed by atoms with E-state index in [0.717, 1.165) is 6.42 Å². The maximum atomic E-state index is 12.9. The van der Waals surface area contributed by atoms with Crippen LogP contribution in [0, 0.1) is 0 Å². The molecule has 1 aromatic rings. The molecule has 0 bridgehead atoms. The van der Waals surface area contributed by atoms with E-state index in [1.807, 2.05) is 6.92 Å². The van der Waals surface area contributed by atoms with Crippen LogP contribution in [0.25, 0.3) is 0 Å². The van der Waals surface area contributed by atoms with Crippen molar-refractivity contribution in [1.29, 1.82) is 0 Å². The van der Waals surface area contributed by atoms with E-state index in [0.29, 0.717) is 49.8 Å². The van der Waals surface area contributed by atoms with Gasteiger partial charge in [-0.05, 0) is 18.6 Å². The number of carbonyl (C=O) groups excluding carboxylic acids is 2. The van der Waals surface area contributed by atoms with E-state index in [-0.39, 0.29) is 11.9 Å². The van der Waals surface area contributed by atoms with Gasteiger partial charge >= 0.3 is 6.03 Å². The molecule has 1 saturated heterocycles. The van der Waals surface area contributed by atoms with Gasteiger partial charge in [-0.2, -0.15) is 0 Å². The van der Waals surface area contributed by atoms with E-state index in [4.69, 9.17) is 9.47 Å². The highest BCUT2D eigenvalue weighted by Gasteiger charge is 2.28. The molecule has 3 amide bonds. The molecule has 7 heteroatoms. The number of ether oxygens (including phenoxy) is 2. The Hall–Kier alpha value is -2.44. The first-order chi connectivity index (χ1) is 11.6. The maximum Gasteiger partial charge on any atom is 0.317 e. The molecular weight excluding hydrogens is 310 g/mol. The lowest BCUT2D eigenvalue weighted by molar-refractivity contribution is 0.0658. The quantitative estimate of drug-likeness (QED) is 0.887. The van der Waals surface area contributed by atoms with Crippen molar-refractivity contribution in [3.63, 3.8) is 0 Å². The topological polar surface area (TPSA) is 71.1 Å². The molecule has 1 N–H and O–H groups in total. The molecule has 132 valence electrons. The third kappa shape index (κ3) is 3.90. The van der Waals surface area contributed by atoms with Gasteiger partial charge in [0.1, 0.15) is 17.1 Å². The molecule has 7 nitrogen and oxygen atoms in total. The van der Waals surface area contributed by atoms with Crippen LogP contribution in [0.3, 0.4) is 0 Å². The highest BCUT2D eigenvalue weighted by atomic mass is 16.5. The van der Waals surface area contributed by atoms with Crippen molar-refractivity contribution in [2.75, 3.05) is 46.9 Å². The van der Waals surface area contributed by atoms with Gasteiger partial charge in [-0.25, -0.2) is 4.79 Å². The average molecular weight is 335 g/mol. The summed E-state index contributed by atoms with van der Waals surface area (Å²) in [6.07, 6.45) is 0.901. The predicted molar refractivity (Wildman–Crippen MR) is 90.7 cm³/mol. The summed E-state index contributed by atoms with van der Waals surface area (Å²) in [5, 5.41) is 2.86. The summed E-state index contributed by atoms with van der Waals surface area (Å²) in [5.74, 6) is 0.836. The van der Waals surface area contributed by atoms with Crippen molar-refractivity contribution >= 4 is 11.9 Å². The SMILES string of the molecule is CCCNC(=O)N1CCN(C(=O)c2c(OC)cccc2OC)CC1. The first-order valence-electron chi connectivity index (χ1n) is 8.15. The molecule has 0 radical (unpaired) electrons. The summed E-state index contributed by atoms with van der Waals surface area (Å²) in [5.41, 5.74) is 0.423. The van der Waals surface area contributed by atoms with Crippen molar-refractivity contribution < 1.29 is 19.1 Å². The van der Waals surface area contributed by atoms with Gasteiger partial charge in [-0.15, -0.1) is 0 Å². The number of amides is 3. The molecular formula is C17H25N3O4. The fourth-order valence-electron chi connectivity index (χ4n) is 2.68. The average Bonchev–Trinajstić information content (AvgIpc) is 2.64. The highest BCUT2D eigenvalue weighted by molar-refractivity contribution is 5.99. The number of methoxy groups -OCH3 is 2. The zero-order valence-electron chi connectivity index (χ0n) is 14.5. The van der Waals surface area contributed by atoms with Crippen molar-refractivity contribution in [2.24, 2.45) is 0 Å². The third-order valence-corrected chi connectivity index (χ3v) is 4.02. The van der Waals surface area contributed by atoms with Crippen LogP contribution in [0.2, 0.25) is 0 Å². The fourth-order valence-corrected chi connectivity index (χ4v) is 2.68. The van der Waals surface area contributed by atoms with Crippen LogP contribution in [0.15, 0.2) is 18.2 Å². The Labute approximate surface area is 142 Å². The maximum absolute atomic E-state index is 12.9. The van der Waals surface area contributed by atoms with Gasteiger partial charge in [-0.1, -0.05) is 13.0 Å². The number of carbonyl (C=O) groups is 2. The number of piperazine rings is 1. The Morgan fingerprint density at radius 3 is 2.08 bits per heavy atom. The van der Waals surface area contributed by atoms with E-state index in [9.17, 15) is 9.59 Å². The lowest BCUT2D eigenvalue weighted by Gasteiger charge is -2.35. The van der Waals surface area contributed by atoms with Crippen molar-refractivity contribution in [3.05, 3.63) is 23.8 Å². The zero-order valence-corrected chi connectivity index (χ0v) is 14.5. The van der Waals surface area contributed by atoms with E-state index in [1.54, 1.807) is 28.0 Å². The van der Waals surface area contributed by atoms with E-state index >= 15 is 0 Å². The van der Waals surface area contributed by atoms with Crippen molar-refractivity contribution in [1.82, 2.24) is 15.1 Å². The van der Waals surface area contributed by atoms with Crippen molar-refractivity contribution in [2.45, 2.75) is 13.3 Å². The van der Waals surface area contributed by atoms with Crippen LogP contribution in [0.4, 0.5) is 4.79 Å². The molecule has 0 aliphatic carbocycles. The molecule has 0 atom stereocenters. The zero-order chi connectivity index (χ0) is 17.5. The number of nitrogens with zero attached hydrogens (tertiary/aromatic N) is 2. The molecule has 24 heavy (non-hydrogen) atoms. The summed E-state index contributed by atoms with van der Waals surface area (Å²) in [4.78, 5) is 28.3. The summed E-state index contributed by atoms with van der Waals surface area (Å²) >= 11 is 0. The minimum Gasteiger partial charge on any atom is -0.496 e. The predicted octanol–water partition coefficient (Wildman–Crippen LogP) is 1.58. The van der Waals surface area contributed by atoms with Gasteiger partial charge in [0.05, 0.1) is 14.2 Å². The molecule has 1 aromatic carbocycles. The van der Waals surface area contributed by atoms with Gasteiger partial charge in [0.25, 0.3) is 5.91 Å². The Balaban J connectivity index is 2.05. The molecule has 1 fully saturated rings. The Morgan fingerprint density at radius 2 is 1.58 bits per heavy atom. The molecule has 0 unspecified atom stereocenters. The number of urea groups is 1. The second-order valence-electron chi connectivity index (χ2n) is 5.55. The van der Waals surface area contributed by atoms with Crippen LogP contribution in [-0.4, -0.2) is 68.7 Å². The minimum atomic E-state index is -0.141. The number of rotatable bonds is 5. The molecule has 0 saturated carbocycles. The van der Waals surface area contributed by atoms with Crippen LogP contribution in [0.1, 0.15) is 23.7 Å². The Morgan fingerprint density at radius 1 is 1.04 bits per heavy atom. The second-order valence-corrected chi connectivity index (χ2v) is 5.55. The Bertz CT molecular complexity index is 561. The number of hydrogen-bond donors (Lipinski definition) is 1. The van der Waals surface area contributed by atoms with Gasteiger partial charge in [-0.3, -0.25) is 4.79 Å². The standard InChI is InChI=1S/C17H25N3O4/c1-4-8-18-17(22)20-11-9-19(10-12-20)16(21)15-13(23-2)6-5-7-14(15)24-3/h5-7H,4,8-12H2,1-3H3,(H,18,22). The summed E-state index contributed by atoms with van der Waals surface area (Å²) in [6, 6.07) is 5.19.